The fourth-order valence-electron chi connectivity index (χ4n) is 2.52. The molecule has 1 aromatic heterocycles. The van der Waals surface area contributed by atoms with Crippen molar-refractivity contribution in [2.45, 2.75) is 31.0 Å². The monoisotopic (exact) mass is 389 g/mol. The average molecular weight is 389 g/mol. The van der Waals surface area contributed by atoms with E-state index >= 15 is 0 Å². The third kappa shape index (κ3) is 6.18. The number of hydrogen-bond donors (Lipinski definition) is 6. The topological polar surface area (TPSA) is 170 Å². The number of rotatable bonds is 10. The van der Waals surface area contributed by atoms with Crippen molar-refractivity contribution in [3.05, 3.63) is 54.1 Å². The zero-order chi connectivity index (χ0) is 20.5. The number of aliphatic carboxylic acids is 1. The molecule has 2 aromatic rings. The molecule has 1 aromatic carbocycles. The maximum Gasteiger partial charge on any atom is 0.328 e. The van der Waals surface area contributed by atoms with Crippen molar-refractivity contribution in [3.8, 4) is 0 Å². The number of benzene rings is 1. The lowest BCUT2D eigenvalue weighted by atomic mass is 10.0. The normalized spacial score (nSPS) is 13.9. The second-order valence-electron chi connectivity index (χ2n) is 6.22. The van der Waals surface area contributed by atoms with Gasteiger partial charge in [0.25, 0.3) is 0 Å². The zero-order valence-electron chi connectivity index (χ0n) is 15.0. The molecule has 0 saturated heterocycles. The van der Waals surface area contributed by atoms with Crippen LogP contribution in [-0.4, -0.2) is 62.7 Å². The minimum absolute atomic E-state index is 0.132. The van der Waals surface area contributed by atoms with Crippen molar-refractivity contribution < 1.29 is 24.6 Å². The van der Waals surface area contributed by atoms with Crippen molar-refractivity contribution in [1.29, 1.82) is 0 Å². The highest BCUT2D eigenvalue weighted by Crippen LogP contribution is 2.05. The number of aliphatic hydroxyl groups excluding tert-OH is 1. The van der Waals surface area contributed by atoms with Crippen LogP contribution >= 0.6 is 0 Å². The number of carbonyl (C=O) groups excluding carboxylic acids is 2. The predicted octanol–water partition coefficient (Wildman–Crippen LogP) is -1.43. The van der Waals surface area contributed by atoms with Crippen LogP contribution in [0, 0.1) is 0 Å². The molecule has 0 spiro atoms. The maximum atomic E-state index is 12.5. The maximum absolute atomic E-state index is 12.5. The van der Waals surface area contributed by atoms with Crippen molar-refractivity contribution in [2.24, 2.45) is 5.73 Å². The molecule has 28 heavy (non-hydrogen) atoms. The summed E-state index contributed by atoms with van der Waals surface area (Å²) < 4.78 is 0. The minimum atomic E-state index is -1.47. The van der Waals surface area contributed by atoms with Crippen molar-refractivity contribution in [1.82, 2.24) is 20.6 Å². The number of hydrogen-bond acceptors (Lipinski definition) is 6. The highest BCUT2D eigenvalue weighted by Gasteiger charge is 2.28. The minimum Gasteiger partial charge on any atom is -0.480 e. The first-order valence-electron chi connectivity index (χ1n) is 8.62. The molecular formula is C18H23N5O5. The van der Waals surface area contributed by atoms with E-state index in [1.807, 2.05) is 6.07 Å². The van der Waals surface area contributed by atoms with Crippen LogP contribution in [0.15, 0.2) is 42.9 Å². The molecule has 1 heterocycles. The number of aliphatic hydroxyl groups is 1. The molecule has 3 atom stereocenters. The van der Waals surface area contributed by atoms with Gasteiger partial charge in [-0.25, -0.2) is 9.78 Å². The van der Waals surface area contributed by atoms with Gasteiger partial charge in [0.2, 0.25) is 11.8 Å². The number of carboxylic acid groups (broad SMARTS) is 1. The molecule has 10 heteroatoms. The van der Waals surface area contributed by atoms with Gasteiger partial charge in [-0.3, -0.25) is 9.59 Å². The van der Waals surface area contributed by atoms with Gasteiger partial charge in [0.15, 0.2) is 0 Å². The first kappa shape index (κ1) is 21.1. The van der Waals surface area contributed by atoms with Gasteiger partial charge >= 0.3 is 5.97 Å². The number of nitrogens with two attached hydrogens (primary N) is 1. The van der Waals surface area contributed by atoms with Gasteiger partial charge in [-0.2, -0.15) is 0 Å². The van der Waals surface area contributed by atoms with Crippen LogP contribution in [0.3, 0.4) is 0 Å². The molecule has 2 amide bonds. The predicted molar refractivity (Wildman–Crippen MR) is 99.0 cm³/mol. The lowest BCUT2D eigenvalue weighted by molar-refractivity contribution is -0.143. The summed E-state index contributed by atoms with van der Waals surface area (Å²) >= 11 is 0. The van der Waals surface area contributed by atoms with E-state index in [1.165, 1.54) is 6.33 Å². The van der Waals surface area contributed by atoms with E-state index in [9.17, 15) is 14.4 Å². The molecule has 0 fully saturated rings. The molecule has 0 aliphatic carbocycles. The first-order valence-corrected chi connectivity index (χ1v) is 8.62. The number of nitrogens with zero attached hydrogens (tertiary/aromatic N) is 1. The summed E-state index contributed by atoms with van der Waals surface area (Å²) in [6.45, 7) is -0.771. The molecule has 150 valence electrons. The number of carboxylic acids is 1. The second kappa shape index (κ2) is 10.2. The van der Waals surface area contributed by atoms with Crippen LogP contribution in [0.2, 0.25) is 0 Å². The smallest absolute Gasteiger partial charge is 0.328 e. The van der Waals surface area contributed by atoms with E-state index in [0.29, 0.717) is 5.69 Å². The average Bonchev–Trinajstić information content (AvgIpc) is 3.18. The van der Waals surface area contributed by atoms with E-state index in [4.69, 9.17) is 15.9 Å². The first-order chi connectivity index (χ1) is 13.4. The van der Waals surface area contributed by atoms with E-state index in [1.54, 1.807) is 30.5 Å². The lowest BCUT2D eigenvalue weighted by Gasteiger charge is -2.22. The Bertz CT molecular complexity index is 781. The third-order valence-electron chi connectivity index (χ3n) is 4.04. The highest BCUT2D eigenvalue weighted by atomic mass is 16.4. The Morgan fingerprint density at radius 3 is 2.32 bits per heavy atom. The Hall–Kier alpha value is -3.24. The number of imidazole rings is 1. The van der Waals surface area contributed by atoms with Crippen LogP contribution in [0.25, 0.3) is 0 Å². The number of H-pyrrole nitrogens is 1. The Kier molecular flexibility index (Phi) is 7.66. The Balaban J connectivity index is 2.09. The molecule has 0 aliphatic rings. The Morgan fingerprint density at radius 1 is 1.07 bits per heavy atom. The van der Waals surface area contributed by atoms with Crippen LogP contribution < -0.4 is 16.4 Å². The third-order valence-corrected chi connectivity index (χ3v) is 4.04. The second-order valence-corrected chi connectivity index (χ2v) is 6.22. The summed E-state index contributed by atoms with van der Waals surface area (Å²) in [5.41, 5.74) is 7.33. The summed E-state index contributed by atoms with van der Waals surface area (Å²) in [6.07, 6.45) is 3.33. The number of aromatic amines is 1. The fourth-order valence-corrected chi connectivity index (χ4v) is 2.52. The molecule has 7 N–H and O–H groups in total. The molecule has 2 rings (SSSR count). The van der Waals surface area contributed by atoms with Crippen LogP contribution in [0.1, 0.15) is 11.3 Å². The van der Waals surface area contributed by atoms with Gasteiger partial charge in [-0.15, -0.1) is 0 Å². The number of nitrogens with one attached hydrogen (secondary N) is 3. The highest BCUT2D eigenvalue weighted by molar-refractivity contribution is 5.92. The largest absolute Gasteiger partial charge is 0.480 e. The van der Waals surface area contributed by atoms with Crippen molar-refractivity contribution in [2.75, 3.05) is 6.61 Å². The Labute approximate surface area is 161 Å². The standard InChI is InChI=1S/C18H23N5O5/c19-13(7-12-8-20-10-21-12)16(25)22-14(6-11-4-2-1-3-5-11)17(26)23-15(9-24)18(27)28/h1-5,8,10,13-15,24H,6-7,9,19H2,(H,20,21)(H,22,25)(H,23,26)(H,27,28)/t13-,14-,15-/m0/s1. The molecule has 10 nitrogen and oxygen atoms in total. The van der Waals surface area contributed by atoms with Gasteiger partial charge in [0.05, 0.1) is 19.0 Å². The van der Waals surface area contributed by atoms with E-state index in [-0.39, 0.29) is 12.8 Å². The molecular weight excluding hydrogens is 366 g/mol. The van der Waals surface area contributed by atoms with Crippen molar-refractivity contribution in [3.63, 3.8) is 0 Å². The molecule has 0 saturated carbocycles. The summed E-state index contributed by atoms with van der Waals surface area (Å²) in [6, 6.07) is 5.46. The van der Waals surface area contributed by atoms with Gasteiger partial charge in [-0.05, 0) is 5.56 Å². The summed E-state index contributed by atoms with van der Waals surface area (Å²) in [7, 11) is 0. The summed E-state index contributed by atoms with van der Waals surface area (Å²) in [5, 5.41) is 22.9. The number of aromatic nitrogens is 2. The van der Waals surface area contributed by atoms with Gasteiger partial charge < -0.3 is 31.6 Å². The summed E-state index contributed by atoms with van der Waals surface area (Å²) in [5.74, 6) is -2.68. The Morgan fingerprint density at radius 2 is 1.75 bits per heavy atom. The van der Waals surface area contributed by atoms with E-state index in [0.717, 1.165) is 5.56 Å². The van der Waals surface area contributed by atoms with E-state index < -0.39 is 42.5 Å². The van der Waals surface area contributed by atoms with Crippen molar-refractivity contribution >= 4 is 17.8 Å². The quantitative estimate of drug-likeness (QED) is 0.289. The molecule has 0 aliphatic heterocycles. The van der Waals surface area contributed by atoms with Gasteiger partial charge in [0, 0.05) is 24.7 Å². The van der Waals surface area contributed by atoms with Crippen LogP contribution in [0.4, 0.5) is 0 Å². The lowest BCUT2D eigenvalue weighted by Crippen LogP contribution is -2.56. The molecule has 0 unspecified atom stereocenters. The molecule has 0 radical (unpaired) electrons. The number of amides is 2. The van der Waals surface area contributed by atoms with Crippen LogP contribution in [-0.2, 0) is 27.2 Å². The fraction of sp³-hybridized carbons (Fsp3) is 0.333. The SMILES string of the molecule is N[C@@H](Cc1cnc[nH]1)C(=O)N[C@@H](Cc1ccccc1)C(=O)N[C@@H](CO)C(=O)O. The van der Waals surface area contributed by atoms with Gasteiger partial charge in [0.1, 0.15) is 12.1 Å². The van der Waals surface area contributed by atoms with Crippen LogP contribution in [0.5, 0.6) is 0 Å². The summed E-state index contributed by atoms with van der Waals surface area (Å²) in [4.78, 5) is 42.7. The van der Waals surface area contributed by atoms with E-state index in [2.05, 4.69) is 20.6 Å². The van der Waals surface area contributed by atoms with Gasteiger partial charge in [-0.1, -0.05) is 30.3 Å². The molecule has 0 bridgehead atoms. The number of carbonyl (C=O) groups is 3. The zero-order valence-corrected chi connectivity index (χ0v) is 15.0.